The van der Waals surface area contributed by atoms with Gasteiger partial charge >= 0.3 is 17.7 Å². The molecular formula is C8H8O5. The third-order valence-electron chi connectivity index (χ3n) is 0.924. The first-order chi connectivity index (χ1) is 6.11. The first-order valence-electron chi connectivity index (χ1n) is 3.42. The molecule has 0 saturated heterocycles. The van der Waals surface area contributed by atoms with Gasteiger partial charge in [0.05, 0.1) is 13.7 Å². The van der Waals surface area contributed by atoms with Crippen molar-refractivity contribution in [1.82, 2.24) is 0 Å². The molecule has 0 amide bonds. The average molecular weight is 184 g/mol. The van der Waals surface area contributed by atoms with Crippen molar-refractivity contribution in [2.24, 2.45) is 0 Å². The molecule has 0 N–H and O–H groups in total. The highest BCUT2D eigenvalue weighted by atomic mass is 16.5. The molecule has 0 aromatic carbocycles. The Labute approximate surface area is 75.0 Å². The molecule has 0 fully saturated rings. The van der Waals surface area contributed by atoms with E-state index >= 15 is 0 Å². The van der Waals surface area contributed by atoms with Gasteiger partial charge in [-0.2, -0.15) is 0 Å². The first-order valence-corrected chi connectivity index (χ1v) is 3.42. The van der Waals surface area contributed by atoms with E-state index in [1.165, 1.54) is 0 Å². The summed E-state index contributed by atoms with van der Waals surface area (Å²) in [6, 6.07) is 0. The maximum Gasteiger partial charge on any atom is 0.388 e. The van der Waals surface area contributed by atoms with E-state index in [4.69, 9.17) is 0 Å². The second-order valence-electron chi connectivity index (χ2n) is 1.79. The van der Waals surface area contributed by atoms with Crippen LogP contribution in [0, 0.1) is 11.8 Å². The summed E-state index contributed by atoms with van der Waals surface area (Å²) in [5, 5.41) is 0. The zero-order valence-electron chi connectivity index (χ0n) is 7.25. The van der Waals surface area contributed by atoms with Crippen LogP contribution in [0.2, 0.25) is 0 Å². The van der Waals surface area contributed by atoms with Crippen molar-refractivity contribution in [3.63, 3.8) is 0 Å². The van der Waals surface area contributed by atoms with Gasteiger partial charge < -0.3 is 9.47 Å². The molecule has 0 aliphatic rings. The molecule has 0 aliphatic carbocycles. The maximum atomic E-state index is 10.7. The number of carbonyl (C=O) groups excluding carboxylic acids is 3. The monoisotopic (exact) mass is 184 g/mol. The molecule has 0 atom stereocenters. The van der Waals surface area contributed by atoms with E-state index in [1.54, 1.807) is 12.8 Å². The molecule has 0 aromatic rings. The Morgan fingerprint density at radius 1 is 1.23 bits per heavy atom. The van der Waals surface area contributed by atoms with Crippen molar-refractivity contribution >= 4 is 17.7 Å². The number of hydrogen-bond acceptors (Lipinski definition) is 5. The predicted molar refractivity (Wildman–Crippen MR) is 41.4 cm³/mol. The number of hydrogen-bond donors (Lipinski definition) is 0. The molecule has 70 valence electrons. The minimum atomic E-state index is -1.07. The van der Waals surface area contributed by atoms with Gasteiger partial charge in [0.1, 0.15) is 0 Å². The Morgan fingerprint density at radius 3 is 2.31 bits per heavy atom. The topological polar surface area (TPSA) is 69.7 Å². The molecule has 0 heterocycles. The van der Waals surface area contributed by atoms with E-state index < -0.39 is 17.7 Å². The van der Waals surface area contributed by atoms with Crippen LogP contribution in [0.15, 0.2) is 0 Å². The van der Waals surface area contributed by atoms with E-state index in [9.17, 15) is 14.4 Å². The van der Waals surface area contributed by atoms with Crippen molar-refractivity contribution in [1.29, 1.82) is 0 Å². The van der Waals surface area contributed by atoms with Gasteiger partial charge in [0, 0.05) is 5.92 Å². The van der Waals surface area contributed by atoms with Gasteiger partial charge in [0.15, 0.2) is 0 Å². The summed E-state index contributed by atoms with van der Waals surface area (Å²) in [6.45, 7) is 1.64. The van der Waals surface area contributed by atoms with Gasteiger partial charge in [-0.25, -0.2) is 9.59 Å². The Hall–Kier alpha value is -1.83. The minimum absolute atomic E-state index is 0.0878. The maximum absolute atomic E-state index is 10.7. The second-order valence-corrected chi connectivity index (χ2v) is 1.79. The van der Waals surface area contributed by atoms with Gasteiger partial charge in [-0.15, -0.1) is 0 Å². The molecule has 0 saturated carbocycles. The summed E-state index contributed by atoms with van der Waals surface area (Å²) in [5.41, 5.74) is 0. The zero-order chi connectivity index (χ0) is 10.3. The molecule has 0 unspecified atom stereocenters. The summed E-state index contributed by atoms with van der Waals surface area (Å²) < 4.78 is 8.45. The van der Waals surface area contributed by atoms with Crippen molar-refractivity contribution in [2.45, 2.75) is 6.92 Å². The minimum Gasteiger partial charge on any atom is -0.459 e. The molecule has 5 heteroatoms. The van der Waals surface area contributed by atoms with Gasteiger partial charge in [-0.3, -0.25) is 4.79 Å². The van der Waals surface area contributed by atoms with Crippen LogP contribution in [0.25, 0.3) is 0 Å². The molecule has 0 rings (SSSR count). The predicted octanol–water partition coefficient (Wildman–Crippen LogP) is -0.705. The lowest BCUT2D eigenvalue weighted by atomic mass is 10.4. The fourth-order valence-electron chi connectivity index (χ4n) is 0.407. The molecule has 0 spiro atoms. The standard InChI is InChI=1S/C8H8O5/c1-3-13-8(11)6(9)4-5-7(10)12-2/h3H2,1-2H3. The van der Waals surface area contributed by atoms with Crippen LogP contribution in [0.1, 0.15) is 6.92 Å². The summed E-state index contributed by atoms with van der Waals surface area (Å²) >= 11 is 0. The Kier molecular flexibility index (Phi) is 4.96. The van der Waals surface area contributed by atoms with Crippen molar-refractivity contribution in [2.75, 3.05) is 13.7 Å². The molecule has 0 bridgehead atoms. The van der Waals surface area contributed by atoms with Crippen LogP contribution in [0.5, 0.6) is 0 Å². The van der Waals surface area contributed by atoms with Crippen molar-refractivity contribution in [3.05, 3.63) is 0 Å². The number of methoxy groups -OCH3 is 1. The van der Waals surface area contributed by atoms with Crippen molar-refractivity contribution < 1.29 is 23.9 Å². The van der Waals surface area contributed by atoms with Crippen LogP contribution in [0.4, 0.5) is 0 Å². The van der Waals surface area contributed by atoms with Gasteiger partial charge in [-0.05, 0) is 12.8 Å². The second kappa shape index (κ2) is 5.77. The third-order valence-corrected chi connectivity index (χ3v) is 0.924. The van der Waals surface area contributed by atoms with Crippen LogP contribution >= 0.6 is 0 Å². The molecule has 13 heavy (non-hydrogen) atoms. The number of ether oxygens (including phenoxy) is 2. The van der Waals surface area contributed by atoms with E-state index in [2.05, 4.69) is 9.47 Å². The third kappa shape index (κ3) is 4.58. The van der Waals surface area contributed by atoms with Gasteiger partial charge in [0.2, 0.25) is 0 Å². The van der Waals surface area contributed by atoms with E-state index in [1.807, 2.05) is 5.92 Å². The summed E-state index contributed by atoms with van der Waals surface area (Å²) in [5.74, 6) is 0.579. The highest BCUT2D eigenvalue weighted by molar-refractivity contribution is 6.41. The number of ketones is 1. The van der Waals surface area contributed by atoms with E-state index in [0.717, 1.165) is 7.11 Å². The first kappa shape index (κ1) is 11.2. The van der Waals surface area contributed by atoms with Crippen LogP contribution < -0.4 is 0 Å². The highest BCUT2D eigenvalue weighted by Crippen LogP contribution is 1.79. The van der Waals surface area contributed by atoms with Gasteiger partial charge in [0.25, 0.3) is 0 Å². The number of Topliss-reactive ketones (excluding diaryl/α,β-unsaturated/α-hetero) is 1. The number of carbonyl (C=O) groups is 3. The quantitative estimate of drug-likeness (QED) is 0.186. The molecule has 5 nitrogen and oxygen atoms in total. The smallest absolute Gasteiger partial charge is 0.388 e. The average Bonchev–Trinajstić information content (AvgIpc) is 2.13. The molecular weight excluding hydrogens is 176 g/mol. The summed E-state index contributed by atoms with van der Waals surface area (Å²) in [7, 11) is 1.12. The SMILES string of the molecule is CCOC(=O)C(=O)C#CC(=O)OC. The lowest BCUT2D eigenvalue weighted by Crippen LogP contribution is -2.15. The fraction of sp³-hybridized carbons (Fsp3) is 0.375. The lowest BCUT2D eigenvalue weighted by molar-refractivity contribution is -0.150. The van der Waals surface area contributed by atoms with Crippen molar-refractivity contribution in [3.8, 4) is 11.8 Å². The van der Waals surface area contributed by atoms with E-state index in [-0.39, 0.29) is 6.61 Å². The Bertz CT molecular complexity index is 281. The van der Waals surface area contributed by atoms with Crippen LogP contribution in [0.3, 0.4) is 0 Å². The van der Waals surface area contributed by atoms with Crippen LogP contribution in [-0.4, -0.2) is 31.4 Å². The number of esters is 2. The van der Waals surface area contributed by atoms with Crippen LogP contribution in [-0.2, 0) is 23.9 Å². The van der Waals surface area contributed by atoms with E-state index in [0.29, 0.717) is 0 Å². The normalized spacial score (nSPS) is 7.85. The molecule has 0 aliphatic heterocycles. The molecule has 0 radical (unpaired) electrons. The number of rotatable bonds is 2. The highest BCUT2D eigenvalue weighted by Gasteiger charge is 2.11. The largest absolute Gasteiger partial charge is 0.459 e. The summed E-state index contributed by atoms with van der Waals surface area (Å²) in [4.78, 5) is 31.7. The summed E-state index contributed by atoms with van der Waals surface area (Å²) in [6.07, 6.45) is 0. The Morgan fingerprint density at radius 2 is 1.85 bits per heavy atom. The molecule has 0 aromatic heterocycles. The Balaban J connectivity index is 4.19. The zero-order valence-corrected chi connectivity index (χ0v) is 7.25. The lowest BCUT2D eigenvalue weighted by Gasteiger charge is -1.93. The van der Waals surface area contributed by atoms with Gasteiger partial charge in [-0.1, -0.05) is 0 Å². The fourth-order valence-corrected chi connectivity index (χ4v) is 0.407.